The van der Waals surface area contributed by atoms with Gasteiger partial charge in [0.15, 0.2) is 5.78 Å². The fourth-order valence-electron chi connectivity index (χ4n) is 4.25. The van der Waals surface area contributed by atoms with Crippen LogP contribution in [0.2, 0.25) is 0 Å². The van der Waals surface area contributed by atoms with Gasteiger partial charge in [-0.1, -0.05) is 18.2 Å². The second kappa shape index (κ2) is 7.72. The van der Waals surface area contributed by atoms with Crippen LogP contribution in [0.5, 0.6) is 0 Å². The summed E-state index contributed by atoms with van der Waals surface area (Å²) in [6.07, 6.45) is 7.25. The van der Waals surface area contributed by atoms with Crippen LogP contribution in [0.15, 0.2) is 47.3 Å². The van der Waals surface area contributed by atoms with Crippen LogP contribution in [-0.2, 0) is 4.79 Å². The second-order valence-electron chi connectivity index (χ2n) is 8.16. The van der Waals surface area contributed by atoms with Crippen molar-refractivity contribution < 1.29 is 24.6 Å². The quantitative estimate of drug-likeness (QED) is 0.381. The van der Waals surface area contributed by atoms with E-state index in [0.717, 1.165) is 43.8 Å². The highest BCUT2D eigenvalue weighted by atomic mass is 16.4. The Kier molecular flexibility index (Phi) is 5.72. The third-order valence-corrected chi connectivity index (χ3v) is 6.26. The van der Waals surface area contributed by atoms with Gasteiger partial charge in [-0.2, -0.15) is 0 Å². The highest BCUT2D eigenvalue weighted by Crippen LogP contribution is 2.38. The van der Waals surface area contributed by atoms with Crippen molar-refractivity contribution in [2.45, 2.75) is 32.0 Å². The predicted molar refractivity (Wildman–Crippen MR) is 104 cm³/mol. The highest BCUT2D eigenvalue weighted by molar-refractivity contribution is 6.00. The number of quaternary nitrogens is 1. The SMILES string of the molecule is C/C=C/C=C/C(=O)/C=C1/C[C@@H](O)[C@@](C)(O)C(O)=C1C[N+]12CCN(CC1)CC2. The molecule has 6 nitrogen and oxygen atoms in total. The third-order valence-electron chi connectivity index (χ3n) is 6.26. The number of carbonyl (C=O) groups excluding carboxylic acids is 1. The smallest absolute Gasteiger partial charge is 0.178 e. The number of hydrogen-bond acceptors (Lipinski definition) is 5. The first-order chi connectivity index (χ1) is 12.8. The van der Waals surface area contributed by atoms with Gasteiger partial charge in [0.1, 0.15) is 17.9 Å². The molecule has 0 amide bonds. The lowest BCUT2D eigenvalue weighted by Crippen LogP contribution is -2.68. The summed E-state index contributed by atoms with van der Waals surface area (Å²) in [7, 11) is 0. The molecular formula is C21H31N2O4+. The van der Waals surface area contributed by atoms with Crippen LogP contribution in [0.1, 0.15) is 20.3 Å². The standard InChI is InChI=1S/C21H30N2O4/c1-3-4-5-6-17(24)13-16-14-19(25)21(2,27)20(26)18(16)15-23-10-7-22(8-11-23)9-12-23/h3-6,13,19,25,27H,7-12,14-15H2,1-2H3/p+1/b4-3+,6-5+/t19-,21-/m1/s1. The summed E-state index contributed by atoms with van der Waals surface area (Å²) in [6.45, 7) is 10.0. The van der Waals surface area contributed by atoms with Crippen molar-refractivity contribution in [1.29, 1.82) is 0 Å². The van der Waals surface area contributed by atoms with Crippen LogP contribution in [0.25, 0.3) is 0 Å². The van der Waals surface area contributed by atoms with Crippen molar-refractivity contribution in [2.24, 2.45) is 0 Å². The lowest BCUT2D eigenvalue weighted by Gasteiger charge is -2.51. The van der Waals surface area contributed by atoms with Gasteiger partial charge in [0, 0.05) is 26.1 Å². The maximum Gasteiger partial charge on any atom is 0.178 e. The average molecular weight is 375 g/mol. The third kappa shape index (κ3) is 4.09. The van der Waals surface area contributed by atoms with E-state index in [1.54, 1.807) is 12.2 Å². The van der Waals surface area contributed by atoms with Gasteiger partial charge in [0.05, 0.1) is 31.3 Å². The first-order valence-corrected chi connectivity index (χ1v) is 9.72. The molecule has 3 heterocycles. The fourth-order valence-corrected chi connectivity index (χ4v) is 4.25. The molecule has 0 aromatic heterocycles. The molecule has 2 atom stereocenters. The molecule has 1 aliphatic carbocycles. The molecule has 3 aliphatic heterocycles. The minimum Gasteiger partial charge on any atom is -0.509 e. The van der Waals surface area contributed by atoms with Crippen molar-refractivity contribution in [3.63, 3.8) is 0 Å². The van der Waals surface area contributed by atoms with E-state index in [4.69, 9.17) is 0 Å². The molecule has 0 saturated carbocycles. The summed E-state index contributed by atoms with van der Waals surface area (Å²) in [5.74, 6) is -0.385. The maximum atomic E-state index is 12.3. The summed E-state index contributed by atoms with van der Waals surface area (Å²) in [6, 6.07) is 0. The van der Waals surface area contributed by atoms with Gasteiger partial charge in [-0.25, -0.2) is 0 Å². The molecule has 3 N–H and O–H groups in total. The molecule has 0 unspecified atom stereocenters. The number of hydrogen-bond donors (Lipinski definition) is 3. The second-order valence-corrected chi connectivity index (χ2v) is 8.16. The average Bonchev–Trinajstić information content (AvgIpc) is 2.65. The van der Waals surface area contributed by atoms with Crippen LogP contribution in [0.4, 0.5) is 0 Å². The van der Waals surface area contributed by atoms with Crippen molar-refractivity contribution in [1.82, 2.24) is 4.90 Å². The highest BCUT2D eigenvalue weighted by Gasteiger charge is 2.46. The molecule has 6 heteroatoms. The summed E-state index contributed by atoms with van der Waals surface area (Å²) >= 11 is 0. The molecule has 148 valence electrons. The molecule has 0 aromatic rings. The van der Waals surface area contributed by atoms with Crippen LogP contribution in [0.3, 0.4) is 0 Å². The van der Waals surface area contributed by atoms with E-state index in [2.05, 4.69) is 4.90 Å². The molecular weight excluding hydrogens is 344 g/mol. The van der Waals surface area contributed by atoms with E-state index in [1.165, 1.54) is 19.1 Å². The van der Waals surface area contributed by atoms with E-state index in [9.17, 15) is 20.1 Å². The molecule has 27 heavy (non-hydrogen) atoms. The number of nitrogens with zero attached hydrogens (tertiary/aromatic N) is 2. The Bertz CT molecular complexity index is 696. The fraction of sp³-hybridized carbons (Fsp3) is 0.571. The van der Waals surface area contributed by atoms with Crippen LogP contribution < -0.4 is 0 Å². The zero-order valence-corrected chi connectivity index (χ0v) is 16.3. The van der Waals surface area contributed by atoms with Gasteiger partial charge in [0.2, 0.25) is 0 Å². The van der Waals surface area contributed by atoms with Crippen molar-refractivity contribution >= 4 is 5.78 Å². The number of aliphatic hydroxyl groups excluding tert-OH is 2. The van der Waals surface area contributed by atoms with Crippen molar-refractivity contribution in [2.75, 3.05) is 45.8 Å². The van der Waals surface area contributed by atoms with Gasteiger partial charge >= 0.3 is 0 Å². The molecule has 4 rings (SSSR count). The minimum atomic E-state index is -1.69. The minimum absolute atomic E-state index is 0.154. The topological polar surface area (TPSA) is 81.0 Å². The number of fused-ring (bicyclic) bond motifs is 3. The summed E-state index contributed by atoms with van der Waals surface area (Å²) in [4.78, 5) is 14.7. The number of carbonyl (C=O) groups is 1. The summed E-state index contributed by atoms with van der Waals surface area (Å²) in [5, 5.41) is 31.7. The van der Waals surface area contributed by atoms with E-state index < -0.39 is 11.7 Å². The van der Waals surface area contributed by atoms with Gasteiger partial charge in [-0.3, -0.25) is 9.69 Å². The Labute approximate surface area is 161 Å². The lowest BCUT2D eigenvalue weighted by atomic mass is 9.79. The Hall–Kier alpha value is -1.73. The van der Waals surface area contributed by atoms with Crippen molar-refractivity contribution in [3.8, 4) is 0 Å². The van der Waals surface area contributed by atoms with Gasteiger partial charge in [-0.05, 0) is 31.6 Å². The zero-order valence-electron chi connectivity index (χ0n) is 16.3. The van der Waals surface area contributed by atoms with E-state index in [-0.39, 0.29) is 18.0 Å². The Morgan fingerprint density at radius 1 is 1.26 bits per heavy atom. The first kappa shape index (κ1) is 20.0. The summed E-state index contributed by atoms with van der Waals surface area (Å²) in [5.41, 5.74) is -0.442. The Morgan fingerprint density at radius 3 is 2.48 bits per heavy atom. The number of allylic oxidation sites excluding steroid dienone is 5. The number of rotatable bonds is 5. The van der Waals surface area contributed by atoms with Crippen molar-refractivity contribution in [3.05, 3.63) is 47.3 Å². The molecule has 2 bridgehead atoms. The largest absolute Gasteiger partial charge is 0.509 e. The van der Waals surface area contributed by atoms with Crippen LogP contribution in [0, 0.1) is 0 Å². The molecule has 0 spiro atoms. The molecule has 4 aliphatic rings. The normalized spacial score (nSPS) is 38.4. The van der Waals surface area contributed by atoms with Gasteiger partial charge in [0.25, 0.3) is 0 Å². The molecule has 3 fully saturated rings. The summed E-state index contributed by atoms with van der Waals surface area (Å²) < 4.78 is 0.863. The van der Waals surface area contributed by atoms with Crippen LogP contribution >= 0.6 is 0 Å². The zero-order chi connectivity index (χ0) is 19.7. The number of piperazine rings is 3. The monoisotopic (exact) mass is 375 g/mol. The lowest BCUT2D eigenvalue weighted by molar-refractivity contribution is -0.936. The van der Waals surface area contributed by atoms with Crippen LogP contribution in [-0.4, -0.2) is 88.0 Å². The predicted octanol–water partition coefficient (Wildman–Crippen LogP) is 1.09. The molecule has 0 radical (unpaired) electrons. The molecule has 3 saturated heterocycles. The van der Waals surface area contributed by atoms with E-state index in [0.29, 0.717) is 17.7 Å². The molecule has 0 aromatic carbocycles. The first-order valence-electron chi connectivity index (χ1n) is 9.72. The van der Waals surface area contributed by atoms with E-state index in [1.807, 2.05) is 13.0 Å². The van der Waals surface area contributed by atoms with E-state index >= 15 is 0 Å². The number of ketones is 1. The van der Waals surface area contributed by atoms with Gasteiger partial charge < -0.3 is 19.8 Å². The Balaban J connectivity index is 1.93. The number of aliphatic hydroxyl groups is 3. The Morgan fingerprint density at radius 2 is 1.89 bits per heavy atom. The van der Waals surface area contributed by atoms with Gasteiger partial charge in [-0.15, -0.1) is 0 Å². The maximum absolute atomic E-state index is 12.3.